The summed E-state index contributed by atoms with van der Waals surface area (Å²) >= 11 is 3.14. The Kier molecular flexibility index (Phi) is 10.8. The van der Waals surface area contributed by atoms with E-state index in [2.05, 4.69) is 22.9 Å². The van der Waals surface area contributed by atoms with Crippen LogP contribution in [0.5, 0.6) is 0 Å². The van der Waals surface area contributed by atoms with Gasteiger partial charge in [-0.15, -0.1) is 0 Å². The maximum absolute atomic E-state index is 12.7. The summed E-state index contributed by atoms with van der Waals surface area (Å²) < 4.78 is 12.7. The fourth-order valence-electron chi connectivity index (χ4n) is 1.40. The summed E-state index contributed by atoms with van der Waals surface area (Å²) in [6.45, 7) is 2.23. The Morgan fingerprint density at radius 1 is 1.00 bits per heavy atom. The summed E-state index contributed by atoms with van der Waals surface area (Å²) in [6, 6.07) is 0. The summed E-state index contributed by atoms with van der Waals surface area (Å²) in [6.07, 6.45) is 9.00. The number of hydrogen-bond acceptors (Lipinski definition) is 0. The zero-order chi connectivity index (χ0) is 9.94. The van der Waals surface area contributed by atoms with Crippen LogP contribution in [0.4, 0.5) is 4.39 Å². The molecule has 0 N–H and O–H groups in total. The molecule has 80 valence electrons. The molecule has 0 aliphatic carbocycles. The quantitative estimate of drug-likeness (QED) is 0.406. The van der Waals surface area contributed by atoms with E-state index >= 15 is 0 Å². The van der Waals surface area contributed by atoms with Crippen molar-refractivity contribution >= 4 is 15.9 Å². The Bertz CT molecular complexity index is 96.1. The molecule has 0 spiro atoms. The summed E-state index contributed by atoms with van der Waals surface area (Å²) in [5, 5.41) is 0.503. The molecule has 0 bridgehead atoms. The summed E-state index contributed by atoms with van der Waals surface area (Å²) in [4.78, 5) is 0. The Balaban J connectivity index is 2.91. The van der Waals surface area contributed by atoms with Gasteiger partial charge in [-0.2, -0.15) is 0 Å². The lowest BCUT2D eigenvalue weighted by Crippen LogP contribution is -2.00. The lowest BCUT2D eigenvalue weighted by Gasteiger charge is -2.03. The van der Waals surface area contributed by atoms with Crippen LogP contribution in [0, 0.1) is 0 Å². The highest BCUT2D eigenvalue weighted by Gasteiger charge is 2.02. The van der Waals surface area contributed by atoms with Crippen LogP contribution < -0.4 is 0 Å². The lowest BCUT2D eigenvalue weighted by atomic mass is 10.1. The molecule has 0 amide bonds. The third-order valence-electron chi connectivity index (χ3n) is 2.29. The highest BCUT2D eigenvalue weighted by atomic mass is 79.9. The number of hydrogen-bond donors (Lipinski definition) is 0. The van der Waals surface area contributed by atoms with E-state index in [1.807, 2.05) is 0 Å². The molecule has 2 heteroatoms. The Morgan fingerprint density at radius 2 is 1.54 bits per heavy atom. The van der Waals surface area contributed by atoms with E-state index in [1.54, 1.807) is 0 Å². The Morgan fingerprint density at radius 3 is 2.08 bits per heavy atom. The molecule has 1 unspecified atom stereocenters. The Labute approximate surface area is 90.4 Å². The van der Waals surface area contributed by atoms with Gasteiger partial charge in [0.2, 0.25) is 0 Å². The molecule has 0 rings (SSSR count). The predicted molar refractivity (Wildman–Crippen MR) is 61.3 cm³/mol. The van der Waals surface area contributed by atoms with Gasteiger partial charge in [-0.1, -0.05) is 67.8 Å². The van der Waals surface area contributed by atoms with Gasteiger partial charge < -0.3 is 0 Å². The monoisotopic (exact) mass is 252 g/mol. The van der Waals surface area contributed by atoms with E-state index in [4.69, 9.17) is 0 Å². The predicted octanol–water partition coefficient (Wildman–Crippen LogP) is 4.86. The molecule has 0 aliphatic heterocycles. The molecule has 0 aromatic heterocycles. The fourth-order valence-corrected chi connectivity index (χ4v) is 1.72. The van der Waals surface area contributed by atoms with Crippen molar-refractivity contribution in [3.05, 3.63) is 0 Å². The van der Waals surface area contributed by atoms with Crippen molar-refractivity contribution in [2.75, 3.05) is 5.33 Å². The molecule has 0 radical (unpaired) electrons. The van der Waals surface area contributed by atoms with Crippen LogP contribution in [-0.4, -0.2) is 11.5 Å². The van der Waals surface area contributed by atoms with Gasteiger partial charge in [0.1, 0.15) is 6.17 Å². The van der Waals surface area contributed by atoms with Crippen molar-refractivity contribution in [3.63, 3.8) is 0 Å². The van der Waals surface area contributed by atoms with E-state index in [-0.39, 0.29) is 0 Å². The van der Waals surface area contributed by atoms with Crippen molar-refractivity contribution < 1.29 is 4.39 Å². The third kappa shape index (κ3) is 10.3. The molecule has 0 saturated heterocycles. The zero-order valence-electron chi connectivity index (χ0n) is 8.70. The second kappa shape index (κ2) is 10.5. The SMILES string of the molecule is CCCCCCCCCC(F)CBr. The van der Waals surface area contributed by atoms with Crippen LogP contribution in [-0.2, 0) is 0 Å². The maximum atomic E-state index is 12.7. The van der Waals surface area contributed by atoms with Crippen molar-refractivity contribution in [1.29, 1.82) is 0 Å². The van der Waals surface area contributed by atoms with Crippen molar-refractivity contribution in [2.45, 2.75) is 64.5 Å². The number of unbranched alkanes of at least 4 members (excludes halogenated alkanes) is 6. The van der Waals surface area contributed by atoms with Crippen LogP contribution >= 0.6 is 15.9 Å². The van der Waals surface area contributed by atoms with Crippen molar-refractivity contribution in [2.24, 2.45) is 0 Å². The minimum atomic E-state index is -0.629. The minimum Gasteiger partial charge on any atom is -0.247 e. The van der Waals surface area contributed by atoms with Gasteiger partial charge in [0, 0.05) is 5.33 Å². The van der Waals surface area contributed by atoms with Crippen LogP contribution in [0.2, 0.25) is 0 Å². The second-order valence-electron chi connectivity index (χ2n) is 3.66. The first-order valence-corrected chi connectivity index (χ1v) is 6.63. The lowest BCUT2D eigenvalue weighted by molar-refractivity contribution is 0.337. The molecule has 13 heavy (non-hydrogen) atoms. The van der Waals surface area contributed by atoms with Gasteiger partial charge in [0.05, 0.1) is 0 Å². The van der Waals surface area contributed by atoms with Crippen molar-refractivity contribution in [1.82, 2.24) is 0 Å². The number of rotatable bonds is 9. The van der Waals surface area contributed by atoms with Crippen LogP contribution in [0.15, 0.2) is 0 Å². The maximum Gasteiger partial charge on any atom is 0.110 e. The van der Waals surface area contributed by atoms with Crippen molar-refractivity contribution in [3.8, 4) is 0 Å². The van der Waals surface area contributed by atoms with Gasteiger partial charge in [-0.3, -0.25) is 0 Å². The van der Waals surface area contributed by atoms with E-state index in [1.165, 1.54) is 38.5 Å². The van der Waals surface area contributed by atoms with Crippen LogP contribution in [0.1, 0.15) is 58.3 Å². The summed E-state index contributed by atoms with van der Waals surface area (Å²) in [7, 11) is 0. The van der Waals surface area contributed by atoms with Crippen LogP contribution in [0.3, 0.4) is 0 Å². The molecular weight excluding hydrogens is 231 g/mol. The molecular formula is C11H22BrF. The molecule has 0 aromatic carbocycles. The average Bonchev–Trinajstić information content (AvgIpc) is 2.16. The Hall–Kier alpha value is 0.410. The summed E-state index contributed by atoms with van der Waals surface area (Å²) in [5.41, 5.74) is 0. The fraction of sp³-hybridized carbons (Fsp3) is 1.00. The van der Waals surface area contributed by atoms with E-state index in [0.29, 0.717) is 5.33 Å². The molecule has 1 atom stereocenters. The van der Waals surface area contributed by atoms with Gasteiger partial charge in [0.15, 0.2) is 0 Å². The van der Waals surface area contributed by atoms with E-state index < -0.39 is 6.17 Å². The topological polar surface area (TPSA) is 0 Å². The largest absolute Gasteiger partial charge is 0.247 e. The highest BCUT2D eigenvalue weighted by Crippen LogP contribution is 2.11. The smallest absolute Gasteiger partial charge is 0.110 e. The van der Waals surface area contributed by atoms with E-state index in [9.17, 15) is 4.39 Å². The van der Waals surface area contributed by atoms with Gasteiger partial charge in [-0.25, -0.2) is 4.39 Å². The third-order valence-corrected chi connectivity index (χ3v) is 2.99. The first-order chi connectivity index (χ1) is 6.31. The average molecular weight is 253 g/mol. The molecule has 0 aliphatic rings. The molecule has 0 saturated carbocycles. The van der Waals surface area contributed by atoms with Gasteiger partial charge >= 0.3 is 0 Å². The van der Waals surface area contributed by atoms with Gasteiger partial charge in [0.25, 0.3) is 0 Å². The number of halogens is 2. The second-order valence-corrected chi connectivity index (χ2v) is 4.31. The highest BCUT2D eigenvalue weighted by molar-refractivity contribution is 9.09. The first kappa shape index (κ1) is 13.4. The van der Waals surface area contributed by atoms with E-state index in [0.717, 1.165) is 12.8 Å². The molecule has 0 heterocycles. The van der Waals surface area contributed by atoms with Crippen LogP contribution in [0.25, 0.3) is 0 Å². The minimum absolute atomic E-state index is 0.503. The number of alkyl halides is 2. The zero-order valence-corrected chi connectivity index (χ0v) is 10.3. The molecule has 0 nitrogen and oxygen atoms in total. The standard InChI is InChI=1S/C11H22BrF/c1-2-3-4-5-6-7-8-9-11(13)10-12/h11H,2-10H2,1H3. The van der Waals surface area contributed by atoms with Gasteiger partial charge in [-0.05, 0) is 6.42 Å². The molecule has 0 aromatic rings. The molecule has 0 fully saturated rings. The first-order valence-electron chi connectivity index (χ1n) is 5.51. The summed E-state index contributed by atoms with van der Waals surface area (Å²) in [5.74, 6) is 0. The normalized spacial score (nSPS) is 13.2.